The van der Waals surface area contributed by atoms with Gasteiger partial charge in [-0.15, -0.1) is 10.2 Å². The van der Waals surface area contributed by atoms with E-state index in [2.05, 4.69) is 15.5 Å². The zero-order valence-electron chi connectivity index (χ0n) is 15.4. The van der Waals surface area contributed by atoms with Crippen LogP contribution in [0, 0.1) is 0 Å². The fourth-order valence-corrected chi connectivity index (χ4v) is 2.99. The number of nitrogens with zero attached hydrogens (tertiary/aromatic N) is 3. The lowest BCUT2D eigenvalue weighted by Gasteiger charge is -2.07. The Morgan fingerprint density at radius 1 is 1.14 bits per heavy atom. The minimum Gasteiger partial charge on any atom is -0.497 e. The minimum absolute atomic E-state index is 0.105. The molecule has 3 rings (SSSR count). The lowest BCUT2D eigenvalue weighted by atomic mass is 10.2. The SMILES string of the molecule is COc1ccc(NCc2nnc(SCC(=O)OCc3ccccc3)n2N)cc1. The molecule has 28 heavy (non-hydrogen) atoms. The van der Waals surface area contributed by atoms with Crippen molar-refractivity contribution in [2.75, 3.05) is 24.0 Å². The van der Waals surface area contributed by atoms with E-state index in [4.69, 9.17) is 15.3 Å². The Morgan fingerprint density at radius 2 is 1.89 bits per heavy atom. The van der Waals surface area contributed by atoms with Crippen LogP contribution in [0.1, 0.15) is 11.4 Å². The highest BCUT2D eigenvalue weighted by Gasteiger charge is 2.13. The van der Waals surface area contributed by atoms with Gasteiger partial charge in [-0.1, -0.05) is 42.1 Å². The second kappa shape index (κ2) is 9.65. The molecule has 0 radical (unpaired) electrons. The molecule has 0 aliphatic rings. The highest BCUT2D eigenvalue weighted by molar-refractivity contribution is 7.99. The summed E-state index contributed by atoms with van der Waals surface area (Å²) in [6.45, 7) is 0.640. The van der Waals surface area contributed by atoms with E-state index >= 15 is 0 Å². The maximum absolute atomic E-state index is 11.9. The molecule has 3 aromatic rings. The van der Waals surface area contributed by atoms with Crippen LogP contribution < -0.4 is 15.9 Å². The number of nitrogens with two attached hydrogens (primary N) is 1. The molecular formula is C19H21N5O3S. The predicted molar refractivity (Wildman–Crippen MR) is 107 cm³/mol. The van der Waals surface area contributed by atoms with Gasteiger partial charge in [-0.05, 0) is 29.8 Å². The first kappa shape index (κ1) is 19.6. The number of esters is 1. The summed E-state index contributed by atoms with van der Waals surface area (Å²) < 4.78 is 11.7. The first-order valence-electron chi connectivity index (χ1n) is 8.55. The number of nitrogen functional groups attached to an aromatic ring is 1. The first-order chi connectivity index (χ1) is 13.7. The van der Waals surface area contributed by atoms with Gasteiger partial charge in [0.25, 0.3) is 0 Å². The van der Waals surface area contributed by atoms with Gasteiger partial charge in [0.2, 0.25) is 5.16 Å². The number of carbonyl (C=O) groups is 1. The summed E-state index contributed by atoms with van der Waals surface area (Å²) in [5.41, 5.74) is 1.84. The van der Waals surface area contributed by atoms with E-state index in [0.717, 1.165) is 17.0 Å². The van der Waals surface area contributed by atoms with E-state index in [1.807, 2.05) is 54.6 Å². The highest BCUT2D eigenvalue weighted by atomic mass is 32.2. The largest absolute Gasteiger partial charge is 0.497 e. The number of carbonyl (C=O) groups excluding carboxylic acids is 1. The lowest BCUT2D eigenvalue weighted by molar-refractivity contribution is -0.141. The Hall–Kier alpha value is -3.20. The molecule has 0 amide bonds. The van der Waals surface area contributed by atoms with Crippen molar-refractivity contribution in [2.24, 2.45) is 0 Å². The van der Waals surface area contributed by atoms with Crippen molar-refractivity contribution in [3.8, 4) is 5.75 Å². The van der Waals surface area contributed by atoms with E-state index in [9.17, 15) is 4.79 Å². The molecular weight excluding hydrogens is 378 g/mol. The fraction of sp³-hybridized carbons (Fsp3) is 0.211. The molecule has 0 fully saturated rings. The average Bonchev–Trinajstić information content (AvgIpc) is 3.09. The quantitative estimate of drug-likeness (QED) is 0.321. The van der Waals surface area contributed by atoms with Gasteiger partial charge in [-0.25, -0.2) is 4.68 Å². The molecule has 0 aliphatic heterocycles. The molecule has 0 saturated carbocycles. The average molecular weight is 399 g/mol. The Morgan fingerprint density at radius 3 is 2.61 bits per heavy atom. The van der Waals surface area contributed by atoms with Gasteiger partial charge < -0.3 is 20.6 Å². The van der Waals surface area contributed by atoms with Crippen LogP contribution in [-0.2, 0) is 22.7 Å². The van der Waals surface area contributed by atoms with Gasteiger partial charge in [0.15, 0.2) is 5.82 Å². The second-order valence-electron chi connectivity index (χ2n) is 5.79. The molecule has 0 spiro atoms. The monoisotopic (exact) mass is 399 g/mol. The highest BCUT2D eigenvalue weighted by Crippen LogP contribution is 2.18. The zero-order chi connectivity index (χ0) is 19.8. The molecule has 0 saturated heterocycles. The van der Waals surface area contributed by atoms with Gasteiger partial charge in [0.1, 0.15) is 12.4 Å². The molecule has 0 atom stereocenters. The number of thioether (sulfide) groups is 1. The summed E-state index contributed by atoms with van der Waals surface area (Å²) in [7, 11) is 1.62. The van der Waals surface area contributed by atoms with Crippen LogP contribution >= 0.6 is 11.8 Å². The number of hydrogen-bond donors (Lipinski definition) is 2. The van der Waals surface area contributed by atoms with Crippen molar-refractivity contribution >= 4 is 23.4 Å². The van der Waals surface area contributed by atoms with Gasteiger partial charge in [0.05, 0.1) is 19.4 Å². The summed E-state index contributed by atoms with van der Waals surface area (Å²) in [4.78, 5) is 11.9. The summed E-state index contributed by atoms with van der Waals surface area (Å²) in [5, 5.41) is 11.8. The van der Waals surface area contributed by atoms with E-state index in [0.29, 0.717) is 17.5 Å². The minimum atomic E-state index is -0.338. The molecule has 3 N–H and O–H groups in total. The van der Waals surface area contributed by atoms with Gasteiger partial charge in [-0.2, -0.15) is 0 Å². The van der Waals surface area contributed by atoms with Crippen molar-refractivity contribution in [1.29, 1.82) is 0 Å². The van der Waals surface area contributed by atoms with Crippen molar-refractivity contribution in [3.63, 3.8) is 0 Å². The van der Waals surface area contributed by atoms with Crippen molar-refractivity contribution in [2.45, 2.75) is 18.3 Å². The normalized spacial score (nSPS) is 10.5. The fourth-order valence-electron chi connectivity index (χ4n) is 2.32. The third kappa shape index (κ3) is 5.40. The molecule has 0 aliphatic carbocycles. The molecule has 0 bridgehead atoms. The zero-order valence-corrected chi connectivity index (χ0v) is 16.2. The number of methoxy groups -OCH3 is 1. The van der Waals surface area contributed by atoms with Crippen molar-refractivity contribution < 1.29 is 14.3 Å². The van der Waals surface area contributed by atoms with E-state index in [1.165, 1.54) is 16.4 Å². The van der Waals surface area contributed by atoms with E-state index < -0.39 is 0 Å². The Labute approximate surface area is 167 Å². The van der Waals surface area contributed by atoms with Gasteiger partial charge >= 0.3 is 5.97 Å². The number of anilines is 1. The molecule has 0 unspecified atom stereocenters. The van der Waals surface area contributed by atoms with Crippen LogP contribution in [-0.4, -0.2) is 33.7 Å². The Balaban J connectivity index is 1.46. The third-order valence-corrected chi connectivity index (χ3v) is 4.75. The third-order valence-electron chi connectivity index (χ3n) is 3.84. The number of rotatable bonds is 9. The molecule has 1 aromatic heterocycles. The number of benzene rings is 2. The number of aromatic nitrogens is 3. The molecule has 146 valence electrons. The summed E-state index contributed by atoms with van der Waals surface area (Å²) >= 11 is 1.18. The second-order valence-corrected chi connectivity index (χ2v) is 6.73. The van der Waals surface area contributed by atoms with Crippen LogP contribution in [0.15, 0.2) is 59.8 Å². The topological polar surface area (TPSA) is 104 Å². The summed E-state index contributed by atoms with van der Waals surface area (Å²) in [6.07, 6.45) is 0. The standard InChI is InChI=1S/C19H21N5O3S/c1-26-16-9-7-15(8-10-16)21-11-17-22-23-19(24(17)20)28-13-18(25)27-12-14-5-3-2-4-6-14/h2-10,21H,11-13,20H2,1H3. The van der Waals surface area contributed by atoms with Gasteiger partial charge in [0, 0.05) is 5.69 Å². The maximum Gasteiger partial charge on any atom is 0.316 e. The molecule has 9 heteroatoms. The molecule has 8 nitrogen and oxygen atoms in total. The van der Waals surface area contributed by atoms with Crippen molar-refractivity contribution in [3.05, 3.63) is 66.0 Å². The maximum atomic E-state index is 11.9. The summed E-state index contributed by atoms with van der Waals surface area (Å²) in [6, 6.07) is 17.0. The van der Waals surface area contributed by atoms with E-state index in [-0.39, 0.29) is 18.3 Å². The first-order valence-corrected chi connectivity index (χ1v) is 9.54. The number of hydrogen-bond acceptors (Lipinski definition) is 8. The molecule has 1 heterocycles. The Kier molecular flexibility index (Phi) is 6.74. The van der Waals surface area contributed by atoms with Crippen molar-refractivity contribution in [1.82, 2.24) is 14.9 Å². The number of ether oxygens (including phenoxy) is 2. The van der Waals surface area contributed by atoms with Crippen LogP contribution in [0.25, 0.3) is 0 Å². The smallest absolute Gasteiger partial charge is 0.316 e. The number of nitrogens with one attached hydrogen (secondary N) is 1. The predicted octanol–water partition coefficient (Wildman–Crippen LogP) is 2.45. The van der Waals surface area contributed by atoms with Crippen LogP contribution in [0.3, 0.4) is 0 Å². The van der Waals surface area contributed by atoms with Gasteiger partial charge in [-0.3, -0.25) is 4.79 Å². The molecule has 2 aromatic carbocycles. The van der Waals surface area contributed by atoms with E-state index in [1.54, 1.807) is 7.11 Å². The van der Waals surface area contributed by atoms with Crippen LogP contribution in [0.4, 0.5) is 5.69 Å². The van der Waals surface area contributed by atoms with Crippen LogP contribution in [0.2, 0.25) is 0 Å². The Bertz CT molecular complexity index is 900. The summed E-state index contributed by atoms with van der Waals surface area (Å²) in [5.74, 6) is 7.12. The van der Waals surface area contributed by atoms with Crippen LogP contribution in [0.5, 0.6) is 5.75 Å². The lowest BCUT2D eigenvalue weighted by Crippen LogP contribution is -2.17.